The number of carbonyl (C=O) groups excluding carboxylic acids is 1. The van der Waals surface area contributed by atoms with Gasteiger partial charge in [0.15, 0.2) is 0 Å². The van der Waals surface area contributed by atoms with Crippen molar-refractivity contribution in [2.24, 2.45) is 0 Å². The number of nitrogens with zero attached hydrogens (tertiary/aromatic N) is 1. The number of ether oxygens (including phenoxy) is 1. The lowest BCUT2D eigenvalue weighted by Crippen LogP contribution is -2.49. The lowest BCUT2D eigenvalue weighted by Gasteiger charge is -2.34. The van der Waals surface area contributed by atoms with Gasteiger partial charge in [0, 0.05) is 31.7 Å². The zero-order valence-electron chi connectivity index (χ0n) is 13.9. The van der Waals surface area contributed by atoms with Crippen molar-refractivity contribution < 1.29 is 19.0 Å². The Hall–Kier alpha value is -1.82. The third-order valence-electron chi connectivity index (χ3n) is 3.61. The largest absolute Gasteiger partial charge is 0.508 e. The Bertz CT molecular complexity index is 537. The van der Waals surface area contributed by atoms with Gasteiger partial charge in [-0.2, -0.15) is 0 Å². The lowest BCUT2D eigenvalue weighted by atomic mass is 10.1. The van der Waals surface area contributed by atoms with Crippen LogP contribution in [0.25, 0.3) is 0 Å². The molecule has 1 amide bonds. The molecule has 1 unspecified atom stereocenters. The molecule has 5 nitrogen and oxygen atoms in total. The van der Waals surface area contributed by atoms with Crippen molar-refractivity contribution in [2.45, 2.75) is 51.8 Å². The number of benzene rings is 1. The molecule has 1 aliphatic rings. The molecule has 0 aromatic heterocycles. The molecule has 0 aliphatic carbocycles. The van der Waals surface area contributed by atoms with Gasteiger partial charge in [-0.25, -0.2) is 9.18 Å². The Kier molecular flexibility index (Phi) is 5.46. The first-order chi connectivity index (χ1) is 10.7. The van der Waals surface area contributed by atoms with Crippen molar-refractivity contribution in [1.82, 2.24) is 10.2 Å². The van der Waals surface area contributed by atoms with Crippen LogP contribution in [0.4, 0.5) is 9.18 Å². The predicted octanol–water partition coefficient (Wildman–Crippen LogP) is 3.02. The Balaban J connectivity index is 1.87. The van der Waals surface area contributed by atoms with Gasteiger partial charge < -0.3 is 20.1 Å². The van der Waals surface area contributed by atoms with Gasteiger partial charge in [0.05, 0.1) is 0 Å². The normalized spacial score (nSPS) is 18.8. The van der Waals surface area contributed by atoms with Crippen LogP contribution in [0.1, 0.15) is 39.2 Å². The van der Waals surface area contributed by atoms with E-state index in [0.717, 1.165) is 18.9 Å². The summed E-state index contributed by atoms with van der Waals surface area (Å²) >= 11 is 0. The van der Waals surface area contributed by atoms with Crippen LogP contribution in [0.2, 0.25) is 0 Å². The number of aromatic hydroxyl groups is 1. The summed E-state index contributed by atoms with van der Waals surface area (Å²) in [4.78, 5) is 13.8. The fourth-order valence-corrected chi connectivity index (χ4v) is 2.63. The number of phenolic OH excluding ortho intramolecular Hbond substituents is 1. The van der Waals surface area contributed by atoms with E-state index >= 15 is 0 Å². The summed E-state index contributed by atoms with van der Waals surface area (Å²) in [5, 5.41) is 12.7. The number of piperidine rings is 1. The van der Waals surface area contributed by atoms with E-state index in [9.17, 15) is 14.3 Å². The van der Waals surface area contributed by atoms with E-state index in [1.54, 1.807) is 4.90 Å². The summed E-state index contributed by atoms with van der Waals surface area (Å²) in [6.07, 6.45) is 1.54. The summed E-state index contributed by atoms with van der Waals surface area (Å²) < 4.78 is 18.7. The van der Waals surface area contributed by atoms with Crippen LogP contribution >= 0.6 is 0 Å². The molecule has 0 spiro atoms. The van der Waals surface area contributed by atoms with E-state index < -0.39 is 11.4 Å². The monoisotopic (exact) mass is 324 g/mol. The summed E-state index contributed by atoms with van der Waals surface area (Å²) in [5.41, 5.74) is 0.174. The predicted molar refractivity (Wildman–Crippen MR) is 85.7 cm³/mol. The first-order valence-corrected chi connectivity index (χ1v) is 7.93. The van der Waals surface area contributed by atoms with Crippen LogP contribution in [-0.2, 0) is 11.3 Å². The molecule has 1 aliphatic heterocycles. The summed E-state index contributed by atoms with van der Waals surface area (Å²) in [7, 11) is 0. The highest BCUT2D eigenvalue weighted by atomic mass is 19.1. The van der Waals surface area contributed by atoms with Gasteiger partial charge >= 0.3 is 6.09 Å². The second-order valence-electron chi connectivity index (χ2n) is 6.96. The topological polar surface area (TPSA) is 61.8 Å². The Morgan fingerprint density at radius 1 is 1.43 bits per heavy atom. The van der Waals surface area contributed by atoms with E-state index in [1.807, 2.05) is 20.8 Å². The van der Waals surface area contributed by atoms with Gasteiger partial charge in [-0.3, -0.25) is 0 Å². The van der Waals surface area contributed by atoms with Crippen molar-refractivity contribution in [3.63, 3.8) is 0 Å². The third kappa shape index (κ3) is 5.71. The number of halogens is 1. The van der Waals surface area contributed by atoms with Gasteiger partial charge in [0.2, 0.25) is 0 Å². The first-order valence-electron chi connectivity index (χ1n) is 7.93. The minimum atomic E-state index is -0.503. The van der Waals surface area contributed by atoms with Crippen LogP contribution in [0.3, 0.4) is 0 Å². The highest BCUT2D eigenvalue weighted by molar-refractivity contribution is 5.68. The van der Waals surface area contributed by atoms with Crippen molar-refractivity contribution in [3.8, 4) is 5.75 Å². The molecule has 1 heterocycles. The van der Waals surface area contributed by atoms with E-state index in [1.165, 1.54) is 12.1 Å². The van der Waals surface area contributed by atoms with Crippen LogP contribution in [0, 0.1) is 5.82 Å². The molecular weight excluding hydrogens is 299 g/mol. The molecular formula is C17H25FN2O3. The van der Waals surface area contributed by atoms with Crippen LogP contribution in [0.5, 0.6) is 5.75 Å². The number of amides is 1. The molecule has 2 N–H and O–H groups in total. The number of carbonyl (C=O) groups is 1. The van der Waals surface area contributed by atoms with E-state index in [-0.39, 0.29) is 17.9 Å². The maximum Gasteiger partial charge on any atom is 0.410 e. The molecule has 0 saturated carbocycles. The SMILES string of the molecule is CC(C)(C)OC(=O)N1CCCC(NCc2cc(O)cc(F)c2)C1. The molecule has 1 aromatic carbocycles. The standard InChI is InChI=1S/C17H25FN2O3/c1-17(2,3)23-16(22)20-6-4-5-14(11-20)19-10-12-7-13(18)9-15(21)8-12/h7-9,14,19,21H,4-6,10-11H2,1-3H3. The Morgan fingerprint density at radius 3 is 2.83 bits per heavy atom. The van der Waals surface area contributed by atoms with E-state index in [2.05, 4.69) is 5.32 Å². The van der Waals surface area contributed by atoms with Crippen molar-refractivity contribution in [2.75, 3.05) is 13.1 Å². The number of likely N-dealkylation sites (tertiary alicyclic amines) is 1. The number of rotatable bonds is 3. The van der Waals surface area contributed by atoms with Gasteiger partial charge in [-0.1, -0.05) is 0 Å². The molecule has 2 rings (SSSR count). The van der Waals surface area contributed by atoms with Crippen LogP contribution < -0.4 is 5.32 Å². The molecule has 1 aromatic rings. The summed E-state index contributed by atoms with van der Waals surface area (Å²) in [6.45, 7) is 7.24. The quantitative estimate of drug-likeness (QED) is 0.897. The Morgan fingerprint density at radius 2 is 2.17 bits per heavy atom. The van der Waals surface area contributed by atoms with Crippen molar-refractivity contribution in [1.29, 1.82) is 0 Å². The van der Waals surface area contributed by atoms with Crippen molar-refractivity contribution >= 4 is 6.09 Å². The van der Waals surface area contributed by atoms with E-state index in [0.29, 0.717) is 25.2 Å². The molecule has 23 heavy (non-hydrogen) atoms. The van der Waals surface area contributed by atoms with Gasteiger partial charge in [0.25, 0.3) is 0 Å². The average molecular weight is 324 g/mol. The minimum Gasteiger partial charge on any atom is -0.508 e. The van der Waals surface area contributed by atoms with Crippen LogP contribution in [-0.4, -0.2) is 40.8 Å². The van der Waals surface area contributed by atoms with Gasteiger partial charge in [0.1, 0.15) is 17.2 Å². The molecule has 128 valence electrons. The smallest absolute Gasteiger partial charge is 0.410 e. The second kappa shape index (κ2) is 7.17. The summed E-state index contributed by atoms with van der Waals surface area (Å²) in [6, 6.07) is 4.13. The van der Waals surface area contributed by atoms with Gasteiger partial charge in [-0.05, 0) is 51.3 Å². The maximum atomic E-state index is 13.3. The number of phenols is 1. The third-order valence-corrected chi connectivity index (χ3v) is 3.61. The highest BCUT2D eigenvalue weighted by Crippen LogP contribution is 2.17. The summed E-state index contributed by atoms with van der Waals surface area (Å²) in [5.74, 6) is -0.540. The molecule has 1 saturated heterocycles. The molecule has 0 radical (unpaired) electrons. The highest BCUT2D eigenvalue weighted by Gasteiger charge is 2.27. The average Bonchev–Trinajstić information content (AvgIpc) is 2.43. The molecule has 1 atom stereocenters. The number of hydrogen-bond donors (Lipinski definition) is 2. The fraction of sp³-hybridized carbons (Fsp3) is 0.588. The Labute approximate surface area is 136 Å². The van der Waals surface area contributed by atoms with Crippen molar-refractivity contribution in [3.05, 3.63) is 29.6 Å². The molecule has 6 heteroatoms. The number of nitrogens with one attached hydrogen (secondary N) is 1. The zero-order valence-corrected chi connectivity index (χ0v) is 13.9. The molecule has 1 fully saturated rings. The van der Waals surface area contributed by atoms with Gasteiger partial charge in [-0.15, -0.1) is 0 Å². The van der Waals surface area contributed by atoms with Crippen LogP contribution in [0.15, 0.2) is 18.2 Å². The van der Waals surface area contributed by atoms with E-state index in [4.69, 9.17) is 4.74 Å². The molecule has 0 bridgehead atoms. The lowest BCUT2D eigenvalue weighted by molar-refractivity contribution is 0.0187. The number of hydrogen-bond acceptors (Lipinski definition) is 4. The zero-order chi connectivity index (χ0) is 17.0. The maximum absolute atomic E-state index is 13.3. The first kappa shape index (κ1) is 17.5. The minimum absolute atomic E-state index is 0.0826. The fourth-order valence-electron chi connectivity index (χ4n) is 2.63. The second-order valence-corrected chi connectivity index (χ2v) is 6.96.